The van der Waals surface area contributed by atoms with Crippen LogP contribution in [0.15, 0.2) is 69.3 Å². The van der Waals surface area contributed by atoms with Crippen LogP contribution in [-0.4, -0.2) is 52.1 Å². The number of anilines is 2. The molecule has 3 aromatic carbocycles. The summed E-state index contributed by atoms with van der Waals surface area (Å²) in [5.74, 6) is -0.951. The minimum Gasteiger partial charge on any atom is -0.372 e. The molecule has 222 valence electrons. The molecule has 0 radical (unpaired) electrons. The largest absolute Gasteiger partial charge is 0.372 e. The normalized spacial score (nSPS) is 12.5. The Kier molecular flexibility index (Phi) is 9.55. The Morgan fingerprint density at radius 2 is 1.65 bits per heavy atom. The molecule has 0 aromatic heterocycles. The zero-order valence-electron chi connectivity index (χ0n) is 23.2. The van der Waals surface area contributed by atoms with E-state index in [-0.39, 0.29) is 33.6 Å². The Morgan fingerprint density at radius 1 is 0.977 bits per heavy atom. The number of carbonyl (C=O) groups is 3. The third kappa shape index (κ3) is 6.89. The fourth-order valence-corrected chi connectivity index (χ4v) is 5.12. The molecule has 0 fully saturated rings. The molecule has 14 nitrogen and oxygen atoms in total. The van der Waals surface area contributed by atoms with Gasteiger partial charge in [-0.2, -0.15) is 0 Å². The highest BCUT2D eigenvalue weighted by atomic mass is 79.9. The SMILES string of the molecule is CCN(CCCCN1C(=O)c2ccccc2C1=O)c1ccc(/N=N/c2c(Br)cc([N+](=O)[O-])cc2[N+](=O)[O-])c(NC(C)=O)c1. The Hall–Kier alpha value is -5.05. The summed E-state index contributed by atoms with van der Waals surface area (Å²) < 4.78 is 0.00761. The maximum absolute atomic E-state index is 12.6. The number of halogens is 1. The molecule has 3 aromatic rings. The van der Waals surface area contributed by atoms with Crippen molar-refractivity contribution in [3.63, 3.8) is 0 Å². The number of carbonyl (C=O) groups excluding carboxylic acids is 3. The summed E-state index contributed by atoms with van der Waals surface area (Å²) in [5.41, 5.74) is 0.793. The standard InChI is InChI=1S/C28H26BrN7O7/c1-3-33(12-6-7-13-34-27(38)20-8-4-5-9-21(20)28(34)39)18-10-11-23(24(15-18)30-17(2)37)31-32-26-22(29)14-19(35(40)41)16-25(26)36(42)43/h4-5,8-11,14-16H,3,6-7,12-13H2,1-2H3,(H,30,37)/b32-31+. The van der Waals surface area contributed by atoms with Crippen molar-refractivity contribution in [2.75, 3.05) is 29.9 Å². The van der Waals surface area contributed by atoms with Crippen LogP contribution in [0.3, 0.4) is 0 Å². The van der Waals surface area contributed by atoms with Crippen LogP contribution in [0, 0.1) is 20.2 Å². The fraction of sp³-hybridized carbons (Fsp3) is 0.250. The molecule has 4 rings (SSSR count). The third-order valence-electron chi connectivity index (χ3n) is 6.67. The number of hydrogen-bond donors (Lipinski definition) is 1. The first-order valence-corrected chi connectivity index (χ1v) is 14.0. The van der Waals surface area contributed by atoms with E-state index < -0.39 is 21.2 Å². The number of benzene rings is 3. The zero-order valence-corrected chi connectivity index (χ0v) is 24.7. The van der Waals surface area contributed by atoms with Gasteiger partial charge in [-0.3, -0.25) is 39.5 Å². The van der Waals surface area contributed by atoms with Gasteiger partial charge in [0.25, 0.3) is 17.5 Å². The second-order valence-electron chi connectivity index (χ2n) is 9.49. The summed E-state index contributed by atoms with van der Waals surface area (Å²) in [6.45, 7) is 4.80. The van der Waals surface area contributed by atoms with Gasteiger partial charge in [0.05, 0.1) is 37.2 Å². The summed E-state index contributed by atoms with van der Waals surface area (Å²) in [4.78, 5) is 61.6. The first-order chi connectivity index (χ1) is 20.5. The van der Waals surface area contributed by atoms with E-state index in [0.29, 0.717) is 49.3 Å². The summed E-state index contributed by atoms with van der Waals surface area (Å²) in [6, 6.07) is 13.7. The molecule has 0 aliphatic carbocycles. The number of nitrogens with one attached hydrogen (secondary N) is 1. The molecule has 1 N–H and O–H groups in total. The van der Waals surface area contributed by atoms with E-state index >= 15 is 0 Å². The Labute approximate surface area is 253 Å². The van der Waals surface area contributed by atoms with E-state index in [1.54, 1.807) is 42.5 Å². The van der Waals surface area contributed by atoms with E-state index in [1.807, 2.05) is 11.8 Å². The number of nitro groups is 2. The second-order valence-corrected chi connectivity index (χ2v) is 10.3. The van der Waals surface area contributed by atoms with Crippen molar-refractivity contribution >= 4 is 67.8 Å². The Morgan fingerprint density at radius 3 is 2.23 bits per heavy atom. The van der Waals surface area contributed by atoms with Crippen LogP contribution in [-0.2, 0) is 4.79 Å². The van der Waals surface area contributed by atoms with Gasteiger partial charge in [0, 0.05) is 38.3 Å². The molecule has 0 saturated carbocycles. The lowest BCUT2D eigenvalue weighted by molar-refractivity contribution is -0.393. The van der Waals surface area contributed by atoms with Gasteiger partial charge in [0.1, 0.15) is 5.69 Å². The predicted molar refractivity (Wildman–Crippen MR) is 161 cm³/mol. The van der Waals surface area contributed by atoms with Crippen LogP contribution in [0.5, 0.6) is 0 Å². The number of unbranched alkanes of at least 4 members (excludes halogenated alkanes) is 1. The van der Waals surface area contributed by atoms with Crippen molar-refractivity contribution in [3.8, 4) is 0 Å². The molecule has 0 atom stereocenters. The van der Waals surface area contributed by atoms with Crippen molar-refractivity contribution in [3.05, 3.63) is 90.4 Å². The van der Waals surface area contributed by atoms with Crippen LogP contribution in [0.2, 0.25) is 0 Å². The minimum atomic E-state index is -0.794. The summed E-state index contributed by atoms with van der Waals surface area (Å²) in [5, 5.41) is 33.4. The summed E-state index contributed by atoms with van der Waals surface area (Å²) in [6.07, 6.45) is 1.27. The molecule has 43 heavy (non-hydrogen) atoms. The Balaban J connectivity index is 1.49. The lowest BCUT2D eigenvalue weighted by Crippen LogP contribution is -2.31. The van der Waals surface area contributed by atoms with Gasteiger partial charge in [-0.05, 0) is 66.0 Å². The van der Waals surface area contributed by atoms with Gasteiger partial charge in [-0.1, -0.05) is 12.1 Å². The lowest BCUT2D eigenvalue weighted by atomic mass is 10.1. The molecule has 1 aliphatic heterocycles. The number of non-ortho nitro benzene ring substituents is 1. The zero-order chi connectivity index (χ0) is 31.3. The number of amides is 3. The van der Waals surface area contributed by atoms with E-state index in [4.69, 9.17) is 0 Å². The van der Waals surface area contributed by atoms with Crippen LogP contribution in [0.4, 0.5) is 34.1 Å². The minimum absolute atomic E-state index is 0.00761. The van der Waals surface area contributed by atoms with Gasteiger partial charge in [-0.25, -0.2) is 0 Å². The number of hydrogen-bond acceptors (Lipinski definition) is 10. The number of fused-ring (bicyclic) bond motifs is 1. The average Bonchev–Trinajstić information content (AvgIpc) is 3.21. The molecular weight excluding hydrogens is 626 g/mol. The highest BCUT2D eigenvalue weighted by molar-refractivity contribution is 9.10. The molecule has 0 unspecified atom stereocenters. The van der Waals surface area contributed by atoms with E-state index in [1.165, 1.54) is 11.8 Å². The molecule has 1 aliphatic rings. The van der Waals surface area contributed by atoms with Crippen LogP contribution >= 0.6 is 15.9 Å². The van der Waals surface area contributed by atoms with Crippen molar-refractivity contribution in [2.45, 2.75) is 26.7 Å². The quantitative estimate of drug-likeness (QED) is 0.0752. The number of imide groups is 1. The van der Waals surface area contributed by atoms with Crippen LogP contribution in [0.1, 0.15) is 47.4 Å². The van der Waals surface area contributed by atoms with Crippen molar-refractivity contribution in [2.24, 2.45) is 10.2 Å². The molecule has 15 heteroatoms. The summed E-state index contributed by atoms with van der Waals surface area (Å²) >= 11 is 3.09. The number of rotatable bonds is 12. The first-order valence-electron chi connectivity index (χ1n) is 13.2. The molecule has 3 amide bonds. The maximum atomic E-state index is 12.6. The van der Waals surface area contributed by atoms with Gasteiger partial charge >= 0.3 is 5.69 Å². The second kappa shape index (κ2) is 13.3. The number of nitro benzene ring substituents is 2. The Bertz CT molecular complexity index is 1630. The summed E-state index contributed by atoms with van der Waals surface area (Å²) in [7, 11) is 0. The van der Waals surface area contributed by atoms with Gasteiger partial charge in [0.15, 0.2) is 5.69 Å². The lowest BCUT2D eigenvalue weighted by Gasteiger charge is -2.24. The maximum Gasteiger partial charge on any atom is 0.304 e. The van der Waals surface area contributed by atoms with Gasteiger partial charge in [0.2, 0.25) is 5.91 Å². The smallest absolute Gasteiger partial charge is 0.304 e. The van der Waals surface area contributed by atoms with Gasteiger partial charge in [-0.15, -0.1) is 10.2 Å². The van der Waals surface area contributed by atoms with Crippen molar-refractivity contribution < 1.29 is 24.2 Å². The monoisotopic (exact) mass is 651 g/mol. The van der Waals surface area contributed by atoms with Crippen LogP contribution < -0.4 is 10.2 Å². The molecular formula is C28H26BrN7O7. The number of nitrogens with zero attached hydrogens (tertiary/aromatic N) is 6. The third-order valence-corrected chi connectivity index (χ3v) is 7.27. The fourth-order valence-electron chi connectivity index (χ4n) is 4.60. The highest BCUT2D eigenvalue weighted by Gasteiger charge is 2.34. The molecule has 0 saturated heterocycles. The van der Waals surface area contributed by atoms with Crippen LogP contribution in [0.25, 0.3) is 0 Å². The molecule has 1 heterocycles. The first kappa shape index (κ1) is 30.9. The van der Waals surface area contributed by atoms with E-state index in [9.17, 15) is 34.6 Å². The van der Waals surface area contributed by atoms with Crippen molar-refractivity contribution in [1.82, 2.24) is 4.90 Å². The van der Waals surface area contributed by atoms with E-state index in [0.717, 1.165) is 17.8 Å². The predicted octanol–water partition coefficient (Wildman–Crippen LogP) is 6.54. The van der Waals surface area contributed by atoms with Gasteiger partial charge < -0.3 is 10.2 Å². The number of azo groups is 1. The van der Waals surface area contributed by atoms with Crippen molar-refractivity contribution in [1.29, 1.82) is 0 Å². The van der Waals surface area contributed by atoms with E-state index in [2.05, 4.69) is 31.5 Å². The average molecular weight is 652 g/mol. The topological polar surface area (TPSA) is 181 Å². The molecule has 0 spiro atoms. The highest BCUT2D eigenvalue weighted by Crippen LogP contribution is 2.41. The molecule has 0 bridgehead atoms.